The molecule has 4 aliphatic heterocycles. The maximum atomic E-state index is 12.5. The molecule has 0 radical (unpaired) electrons. The maximum absolute atomic E-state index is 12.5. The summed E-state index contributed by atoms with van der Waals surface area (Å²) in [5.74, 6) is 0.591. The minimum absolute atomic E-state index is 0. The number of benzene rings is 3. The minimum atomic E-state index is -3.13. The second-order valence-corrected chi connectivity index (χ2v) is 17.2. The van der Waals surface area contributed by atoms with Crippen LogP contribution in [0.4, 0.5) is 5.69 Å². The molecule has 0 spiro atoms. The Morgan fingerprint density at radius 1 is 0.857 bits per heavy atom. The van der Waals surface area contributed by atoms with Gasteiger partial charge in [0, 0.05) is 56.3 Å². The van der Waals surface area contributed by atoms with E-state index in [9.17, 15) is 14.2 Å². The van der Waals surface area contributed by atoms with Crippen molar-refractivity contribution >= 4 is 16.3 Å². The van der Waals surface area contributed by atoms with Crippen LogP contribution in [0.3, 0.4) is 0 Å². The first-order valence-corrected chi connectivity index (χ1v) is 19.9. The summed E-state index contributed by atoms with van der Waals surface area (Å²) in [6.07, 6.45) is 4.65. The summed E-state index contributed by atoms with van der Waals surface area (Å²) in [7, 11) is 0.853. The standard InChI is InChI=1S/C40H57N3O4S.ClH/c1-5-7-19-40(20-8-6-2)30-48(45,46)37-18-15-34(41(3)4)27-36(37)38(39(40)44)33-13-16-35(17-14-33)47-29-32-11-9-31(10-12-32)28-43-24-21-42(22-25-43)23-26-43;/h9-18,27,38-39,44H,5-8,19-26,28-30H2,1-4H3,(H-,45,46);1H. The number of aliphatic hydroxyl groups is 1. The number of aliphatic hydroxyl groups excluding tert-OH is 1. The van der Waals surface area contributed by atoms with Crippen molar-refractivity contribution in [2.45, 2.75) is 82.4 Å². The first kappa shape index (κ1) is 37.9. The van der Waals surface area contributed by atoms with Crippen molar-refractivity contribution in [3.05, 3.63) is 89.0 Å². The molecular formula is C40H58ClN3O4S. The van der Waals surface area contributed by atoms with Gasteiger partial charge in [-0.3, -0.25) is 14.0 Å². The number of hydrogen-bond acceptors (Lipinski definition) is 6. The van der Waals surface area contributed by atoms with E-state index in [0.29, 0.717) is 11.5 Å². The van der Waals surface area contributed by atoms with Crippen LogP contribution >= 0.6 is 10.6 Å². The molecule has 270 valence electrons. The molecule has 3 fully saturated rings. The molecule has 0 aliphatic carbocycles. The Balaban J connectivity index is 0.00000468. The number of unbranched alkanes of at least 4 members (excludes halogenated alkanes) is 2. The molecule has 3 aromatic carbocycles. The van der Waals surface area contributed by atoms with Crippen LogP contribution in [-0.4, -0.2) is 88.8 Å². The predicted molar refractivity (Wildman–Crippen MR) is 198 cm³/mol. The van der Waals surface area contributed by atoms with Crippen molar-refractivity contribution in [1.29, 1.82) is 0 Å². The van der Waals surface area contributed by atoms with E-state index in [4.69, 9.17) is 4.74 Å². The minimum Gasteiger partial charge on any atom is -1.00 e. The first-order valence-electron chi connectivity index (χ1n) is 18.2. The third kappa shape index (κ3) is 8.27. The molecular weight excluding hydrogens is 654 g/mol. The Morgan fingerprint density at radius 2 is 1.45 bits per heavy atom. The van der Waals surface area contributed by atoms with Crippen LogP contribution in [0.2, 0.25) is 0 Å². The number of rotatable bonds is 13. The molecule has 2 atom stereocenters. The van der Waals surface area contributed by atoms with Crippen molar-refractivity contribution in [2.75, 3.05) is 64.0 Å². The molecule has 0 saturated carbocycles. The lowest BCUT2D eigenvalue weighted by atomic mass is 9.68. The normalized spacial score (nSPS) is 25.8. The van der Waals surface area contributed by atoms with Crippen LogP contribution in [0, 0.1) is 5.41 Å². The van der Waals surface area contributed by atoms with Crippen molar-refractivity contribution < 1.29 is 35.8 Å². The second kappa shape index (κ2) is 15.9. The number of nitrogens with zero attached hydrogens (tertiary/aromatic N) is 3. The van der Waals surface area contributed by atoms with Gasteiger partial charge in [0.05, 0.1) is 36.4 Å². The number of hydrogen-bond donors (Lipinski definition) is 3. The summed E-state index contributed by atoms with van der Waals surface area (Å²) in [6, 6.07) is 23.0. The van der Waals surface area contributed by atoms with E-state index in [1.807, 2.05) is 43.3 Å². The van der Waals surface area contributed by atoms with Gasteiger partial charge in [0.15, 0.2) is 0 Å². The Kier molecular flexibility index (Phi) is 12.3. The molecule has 2 bridgehead atoms. The van der Waals surface area contributed by atoms with Gasteiger partial charge in [-0.1, -0.05) is 75.9 Å². The van der Waals surface area contributed by atoms with Crippen molar-refractivity contribution in [3.8, 4) is 5.75 Å². The van der Waals surface area contributed by atoms with Gasteiger partial charge >= 0.3 is 0 Å². The largest absolute Gasteiger partial charge is 1.00 e. The molecule has 0 amide bonds. The number of quaternary nitrogens is 1. The number of piperazine rings is 3. The fraction of sp³-hybridized carbons (Fsp3) is 0.550. The summed E-state index contributed by atoms with van der Waals surface area (Å²) in [4.78, 5) is 5.20. The average molecular weight is 712 g/mol. The molecule has 0 aromatic heterocycles. The lowest BCUT2D eigenvalue weighted by Crippen LogP contribution is -3.00. The first-order chi connectivity index (χ1) is 23.1. The molecule has 49 heavy (non-hydrogen) atoms. The molecule has 4 heterocycles. The highest BCUT2D eigenvalue weighted by molar-refractivity contribution is 8.24. The fourth-order valence-electron chi connectivity index (χ4n) is 8.46. The highest BCUT2D eigenvalue weighted by Gasteiger charge is 2.49. The Hall–Kier alpha value is -2.30. The monoisotopic (exact) mass is 711 g/mol. The van der Waals surface area contributed by atoms with E-state index in [-0.39, 0.29) is 18.2 Å². The molecule has 3 aromatic rings. The zero-order chi connectivity index (χ0) is 33.9. The highest BCUT2D eigenvalue weighted by Crippen LogP contribution is 2.62. The Morgan fingerprint density at radius 3 is 2.02 bits per heavy atom. The molecule has 7 rings (SSSR count). The summed E-state index contributed by atoms with van der Waals surface area (Å²) >= 11 is 0. The summed E-state index contributed by atoms with van der Waals surface area (Å²) in [5, 5.41) is 12.5. The maximum Gasteiger partial charge on any atom is 0.119 e. The van der Waals surface area contributed by atoms with E-state index in [2.05, 4.69) is 61.2 Å². The third-order valence-corrected chi connectivity index (χ3v) is 13.6. The smallest absolute Gasteiger partial charge is 0.119 e. The number of halogens is 1. The number of ether oxygens (including phenoxy) is 1. The van der Waals surface area contributed by atoms with E-state index in [0.717, 1.165) is 73.2 Å². The van der Waals surface area contributed by atoms with Crippen LogP contribution in [0.25, 0.3) is 0 Å². The molecule has 3 N–H and O–H groups in total. The van der Waals surface area contributed by atoms with Gasteiger partial charge in [0.1, 0.15) is 18.9 Å². The Labute approximate surface area is 302 Å². The zero-order valence-electron chi connectivity index (χ0n) is 30.0. The van der Waals surface area contributed by atoms with Crippen LogP contribution in [-0.2, 0) is 13.2 Å². The molecule has 9 heteroatoms. The van der Waals surface area contributed by atoms with Crippen molar-refractivity contribution in [2.24, 2.45) is 5.41 Å². The van der Waals surface area contributed by atoms with E-state index < -0.39 is 28.0 Å². The van der Waals surface area contributed by atoms with Crippen LogP contribution < -0.4 is 22.0 Å². The van der Waals surface area contributed by atoms with Gasteiger partial charge in [-0.25, -0.2) is 0 Å². The van der Waals surface area contributed by atoms with Gasteiger partial charge in [-0.15, -0.1) is 0 Å². The van der Waals surface area contributed by atoms with Crippen LogP contribution in [0.15, 0.2) is 71.6 Å². The second-order valence-electron chi connectivity index (χ2n) is 15.1. The zero-order valence-corrected chi connectivity index (χ0v) is 31.6. The van der Waals surface area contributed by atoms with E-state index in [1.165, 1.54) is 49.3 Å². The SMILES string of the molecule is CCCCC1(CCCC)CS(O)(O)c2ccc(N(C)C)cc2C(c2ccc(OCc3ccc(C[N+]45CCN(CC4)CC5)cc3)cc2)C1O.[Cl-]. The van der Waals surface area contributed by atoms with E-state index in [1.54, 1.807) is 0 Å². The molecule has 4 aliphatic rings. The summed E-state index contributed by atoms with van der Waals surface area (Å²) in [5.41, 5.74) is 4.72. The summed E-state index contributed by atoms with van der Waals surface area (Å²) < 4.78 is 31.1. The quantitative estimate of drug-likeness (QED) is 0.218. The van der Waals surface area contributed by atoms with Crippen LogP contribution in [0.5, 0.6) is 5.75 Å². The van der Waals surface area contributed by atoms with Gasteiger partial charge in [0.25, 0.3) is 0 Å². The molecule has 7 nitrogen and oxygen atoms in total. The van der Waals surface area contributed by atoms with Gasteiger partial charge in [-0.05, 0) is 59.9 Å². The van der Waals surface area contributed by atoms with Crippen molar-refractivity contribution in [3.63, 3.8) is 0 Å². The average Bonchev–Trinajstić information content (AvgIpc) is 3.17. The van der Waals surface area contributed by atoms with Crippen LogP contribution in [0.1, 0.15) is 80.5 Å². The van der Waals surface area contributed by atoms with Gasteiger partial charge in [0.2, 0.25) is 0 Å². The fourth-order valence-corrected chi connectivity index (χ4v) is 10.7. The highest BCUT2D eigenvalue weighted by atomic mass is 35.5. The van der Waals surface area contributed by atoms with E-state index >= 15 is 0 Å². The lowest BCUT2D eigenvalue weighted by Gasteiger charge is -2.50. The number of fused-ring (bicyclic) bond motifs is 4. The summed E-state index contributed by atoms with van der Waals surface area (Å²) in [6.45, 7) is 13.4. The molecule has 3 saturated heterocycles. The van der Waals surface area contributed by atoms with Gasteiger partial charge < -0.3 is 31.6 Å². The molecule has 2 unspecified atom stereocenters. The van der Waals surface area contributed by atoms with Gasteiger partial charge in [-0.2, -0.15) is 10.6 Å². The topological polar surface area (TPSA) is 76.4 Å². The van der Waals surface area contributed by atoms with Crippen molar-refractivity contribution in [1.82, 2.24) is 4.90 Å². The predicted octanol–water partition coefficient (Wildman–Crippen LogP) is 4.96. The Bertz CT molecular complexity index is 1490. The number of anilines is 1. The lowest BCUT2D eigenvalue weighted by molar-refractivity contribution is -0.953. The third-order valence-electron chi connectivity index (χ3n) is 11.5.